The van der Waals surface area contributed by atoms with E-state index < -0.39 is 0 Å². The van der Waals surface area contributed by atoms with Gasteiger partial charge < -0.3 is 15.5 Å². The van der Waals surface area contributed by atoms with Crippen LogP contribution < -0.4 is 5.73 Å². The minimum Gasteiger partial charge on any atom is -0.383 e. The van der Waals surface area contributed by atoms with Crippen LogP contribution in [-0.4, -0.2) is 54.5 Å². The number of carbonyl (C=O) groups excluding carboxylic acids is 2. The molecule has 2 aromatic heterocycles. The lowest BCUT2D eigenvalue weighted by atomic mass is 10.1. The van der Waals surface area contributed by atoms with Gasteiger partial charge in [-0.25, -0.2) is 14.6 Å². The average molecular weight is 494 g/mol. The Labute approximate surface area is 214 Å². The van der Waals surface area contributed by atoms with Gasteiger partial charge in [0.15, 0.2) is 5.65 Å². The largest absolute Gasteiger partial charge is 0.383 e. The van der Waals surface area contributed by atoms with Crippen molar-refractivity contribution in [2.75, 3.05) is 18.8 Å². The summed E-state index contributed by atoms with van der Waals surface area (Å²) in [6, 6.07) is 15.7. The second-order valence-electron chi connectivity index (χ2n) is 9.55. The number of carbonyl (C=O) groups is 2. The molecule has 2 aliphatic heterocycles. The molecule has 9 heteroatoms. The van der Waals surface area contributed by atoms with Gasteiger partial charge in [0.25, 0.3) is 5.91 Å². The van der Waals surface area contributed by atoms with Crippen LogP contribution in [0.15, 0.2) is 67.5 Å². The number of hydrogen-bond acceptors (Lipinski definition) is 6. The molecule has 4 heterocycles. The first-order valence-electron chi connectivity index (χ1n) is 12.4. The molecule has 0 spiro atoms. The number of benzene rings is 2. The van der Waals surface area contributed by atoms with Gasteiger partial charge in [-0.15, -0.1) is 0 Å². The third-order valence-electron chi connectivity index (χ3n) is 7.24. The van der Waals surface area contributed by atoms with Crippen molar-refractivity contribution < 1.29 is 9.59 Å². The van der Waals surface area contributed by atoms with Crippen molar-refractivity contribution in [1.29, 1.82) is 0 Å². The van der Waals surface area contributed by atoms with Crippen LogP contribution in [0.1, 0.15) is 40.4 Å². The van der Waals surface area contributed by atoms with E-state index in [2.05, 4.69) is 16.5 Å². The van der Waals surface area contributed by atoms with Crippen molar-refractivity contribution in [3.8, 4) is 11.3 Å². The van der Waals surface area contributed by atoms with Gasteiger partial charge in [-0.3, -0.25) is 9.59 Å². The summed E-state index contributed by atoms with van der Waals surface area (Å²) in [6.45, 7) is 6.01. The van der Waals surface area contributed by atoms with Gasteiger partial charge in [-0.05, 0) is 36.1 Å². The van der Waals surface area contributed by atoms with Crippen LogP contribution in [-0.2, 0) is 17.9 Å². The second-order valence-corrected chi connectivity index (χ2v) is 9.55. The van der Waals surface area contributed by atoms with Crippen LogP contribution in [0.3, 0.4) is 0 Å². The second kappa shape index (κ2) is 9.16. The molecule has 0 saturated carbocycles. The predicted molar refractivity (Wildman–Crippen MR) is 140 cm³/mol. The Morgan fingerprint density at radius 2 is 1.95 bits per heavy atom. The van der Waals surface area contributed by atoms with Crippen LogP contribution in [0.4, 0.5) is 5.82 Å². The molecule has 1 atom stereocenters. The fourth-order valence-electron chi connectivity index (χ4n) is 5.37. The third kappa shape index (κ3) is 4.02. The zero-order valence-corrected chi connectivity index (χ0v) is 20.4. The summed E-state index contributed by atoms with van der Waals surface area (Å²) in [5.74, 6) is 0.349. The summed E-state index contributed by atoms with van der Waals surface area (Å²) in [6.07, 6.45) is 4.55. The lowest BCUT2D eigenvalue weighted by molar-refractivity contribution is -0.127. The van der Waals surface area contributed by atoms with Crippen molar-refractivity contribution in [3.63, 3.8) is 0 Å². The standard InChI is InChI=1S/C28H27N7O2/c1-2-23(36)33-13-5-7-21(16-33)35-27-24(26(29)30-17-31-27)25(32-35)19-11-9-18(10-12-19)14-34-15-20-6-3-4-8-22(20)28(34)37/h2-4,6,8-12,17,21H,1,5,7,13-16H2,(H2,29,30,31). The normalized spacial score (nSPS) is 17.3. The summed E-state index contributed by atoms with van der Waals surface area (Å²) in [5.41, 5.74) is 11.4. The maximum atomic E-state index is 12.8. The Hall–Kier alpha value is -4.53. The number of hydrogen-bond donors (Lipinski definition) is 1. The van der Waals surface area contributed by atoms with Crippen molar-refractivity contribution in [2.24, 2.45) is 0 Å². The van der Waals surface area contributed by atoms with E-state index >= 15 is 0 Å². The van der Waals surface area contributed by atoms with Gasteiger partial charge in [0, 0.05) is 37.3 Å². The van der Waals surface area contributed by atoms with Crippen LogP contribution in [0.2, 0.25) is 0 Å². The highest BCUT2D eigenvalue weighted by Crippen LogP contribution is 2.34. The van der Waals surface area contributed by atoms with E-state index in [9.17, 15) is 9.59 Å². The van der Waals surface area contributed by atoms with E-state index in [1.807, 2.05) is 58.1 Å². The molecule has 0 bridgehead atoms. The number of amides is 2. The van der Waals surface area contributed by atoms with Crippen molar-refractivity contribution in [2.45, 2.75) is 32.0 Å². The van der Waals surface area contributed by atoms with Gasteiger partial charge in [-0.2, -0.15) is 5.10 Å². The molecule has 1 saturated heterocycles. The quantitative estimate of drug-likeness (QED) is 0.426. The van der Waals surface area contributed by atoms with Gasteiger partial charge in [0.2, 0.25) is 5.91 Å². The molecule has 6 rings (SSSR count). The first-order chi connectivity index (χ1) is 18.0. The predicted octanol–water partition coefficient (Wildman–Crippen LogP) is 3.58. The smallest absolute Gasteiger partial charge is 0.254 e. The van der Waals surface area contributed by atoms with E-state index in [-0.39, 0.29) is 17.9 Å². The molecule has 0 aliphatic carbocycles. The molecule has 2 N–H and O–H groups in total. The number of nitrogens with zero attached hydrogens (tertiary/aromatic N) is 6. The lowest BCUT2D eigenvalue weighted by Crippen LogP contribution is -2.40. The Bertz CT molecular complexity index is 1530. The minimum absolute atomic E-state index is 0.0229. The van der Waals surface area contributed by atoms with Crippen LogP contribution in [0, 0.1) is 0 Å². The van der Waals surface area contributed by atoms with Crippen molar-refractivity contribution in [3.05, 3.63) is 84.2 Å². The zero-order valence-electron chi connectivity index (χ0n) is 20.4. The van der Waals surface area contributed by atoms with Gasteiger partial charge in [0.1, 0.15) is 17.8 Å². The molecule has 9 nitrogen and oxygen atoms in total. The summed E-state index contributed by atoms with van der Waals surface area (Å²) >= 11 is 0. The topological polar surface area (TPSA) is 110 Å². The number of fused-ring (bicyclic) bond motifs is 2. The molecule has 2 aliphatic rings. The van der Waals surface area contributed by atoms with E-state index in [1.54, 1.807) is 4.90 Å². The Morgan fingerprint density at radius 3 is 2.73 bits per heavy atom. The first kappa shape index (κ1) is 22.9. The van der Waals surface area contributed by atoms with E-state index in [0.717, 1.165) is 35.1 Å². The van der Waals surface area contributed by atoms with Gasteiger partial charge >= 0.3 is 0 Å². The highest BCUT2D eigenvalue weighted by Gasteiger charge is 2.29. The average Bonchev–Trinajstić information content (AvgIpc) is 3.48. The molecule has 1 fully saturated rings. The van der Waals surface area contributed by atoms with E-state index in [4.69, 9.17) is 10.8 Å². The molecule has 0 radical (unpaired) electrons. The fourth-order valence-corrected chi connectivity index (χ4v) is 5.37. The number of nitrogens with two attached hydrogens (primary N) is 1. The van der Waals surface area contributed by atoms with Crippen LogP contribution in [0.5, 0.6) is 0 Å². The SMILES string of the molecule is C=CC(=O)N1CCCC(n2nc(-c3ccc(CN4Cc5ccccc5C4=O)cc3)c3c(N)ncnc32)C1. The zero-order chi connectivity index (χ0) is 25.5. The maximum Gasteiger partial charge on any atom is 0.254 e. The van der Waals surface area contributed by atoms with Gasteiger partial charge in [-0.1, -0.05) is 49.0 Å². The molecular weight excluding hydrogens is 466 g/mol. The number of rotatable bonds is 5. The molecule has 186 valence electrons. The number of piperidine rings is 1. The number of nitrogen functional groups attached to an aromatic ring is 1. The van der Waals surface area contributed by atoms with E-state index in [1.165, 1.54) is 12.4 Å². The highest BCUT2D eigenvalue weighted by atomic mass is 16.2. The Morgan fingerprint density at radius 1 is 1.14 bits per heavy atom. The van der Waals surface area contributed by atoms with Crippen LogP contribution >= 0.6 is 0 Å². The van der Waals surface area contributed by atoms with Crippen molar-refractivity contribution >= 4 is 28.7 Å². The monoisotopic (exact) mass is 493 g/mol. The fraction of sp³-hybridized carbons (Fsp3) is 0.250. The maximum absolute atomic E-state index is 12.8. The lowest BCUT2D eigenvalue weighted by Gasteiger charge is -2.32. The molecular formula is C28H27N7O2. The number of aromatic nitrogens is 4. The van der Waals surface area contributed by atoms with E-state index in [0.29, 0.717) is 48.7 Å². The third-order valence-corrected chi connectivity index (χ3v) is 7.24. The summed E-state index contributed by atoms with van der Waals surface area (Å²) < 4.78 is 1.89. The Kier molecular flexibility index (Phi) is 5.67. The highest BCUT2D eigenvalue weighted by molar-refractivity contribution is 5.99. The number of anilines is 1. The number of likely N-dealkylation sites (tertiary alicyclic amines) is 1. The molecule has 2 aromatic carbocycles. The Balaban J connectivity index is 1.29. The van der Waals surface area contributed by atoms with Crippen molar-refractivity contribution in [1.82, 2.24) is 29.5 Å². The molecule has 4 aromatic rings. The summed E-state index contributed by atoms with van der Waals surface area (Å²) in [4.78, 5) is 37.4. The van der Waals surface area contributed by atoms with Crippen LogP contribution in [0.25, 0.3) is 22.3 Å². The molecule has 2 amide bonds. The first-order valence-corrected chi connectivity index (χ1v) is 12.4. The summed E-state index contributed by atoms with van der Waals surface area (Å²) in [5, 5.41) is 5.64. The summed E-state index contributed by atoms with van der Waals surface area (Å²) in [7, 11) is 0. The molecule has 37 heavy (non-hydrogen) atoms. The van der Waals surface area contributed by atoms with Gasteiger partial charge in [0.05, 0.1) is 11.4 Å². The minimum atomic E-state index is -0.0781. The molecule has 1 unspecified atom stereocenters.